The molecule has 0 bridgehead atoms. The maximum absolute atomic E-state index is 13.1. The van der Waals surface area contributed by atoms with E-state index in [0.717, 1.165) is 21.8 Å². The second-order valence-electron chi connectivity index (χ2n) is 7.67. The molecule has 2 aromatic carbocycles. The van der Waals surface area contributed by atoms with Gasteiger partial charge < -0.3 is 15.0 Å². The van der Waals surface area contributed by atoms with Crippen LogP contribution in [0.5, 0.6) is 5.75 Å². The lowest BCUT2D eigenvalue weighted by Crippen LogP contribution is -2.43. The van der Waals surface area contributed by atoms with E-state index in [1.807, 2.05) is 77.0 Å². The van der Waals surface area contributed by atoms with Gasteiger partial charge in [-0.2, -0.15) is 0 Å². The van der Waals surface area contributed by atoms with Gasteiger partial charge >= 0.3 is 0 Å². The van der Waals surface area contributed by atoms with Gasteiger partial charge in [-0.15, -0.1) is 11.3 Å². The molecule has 2 amide bonds. The van der Waals surface area contributed by atoms with Crippen LogP contribution in [0.25, 0.3) is 0 Å². The van der Waals surface area contributed by atoms with E-state index in [2.05, 4.69) is 5.32 Å². The second kappa shape index (κ2) is 9.79. The zero-order valence-corrected chi connectivity index (χ0v) is 18.3. The van der Waals surface area contributed by atoms with Crippen molar-refractivity contribution in [3.63, 3.8) is 0 Å². The molecule has 2 heterocycles. The molecule has 1 atom stereocenters. The van der Waals surface area contributed by atoms with Gasteiger partial charge in [-0.25, -0.2) is 0 Å². The number of hydrogen-bond acceptors (Lipinski definition) is 4. The third-order valence-electron chi connectivity index (χ3n) is 5.75. The first kappa shape index (κ1) is 21.1. The van der Waals surface area contributed by atoms with Gasteiger partial charge in [0.05, 0.1) is 18.0 Å². The van der Waals surface area contributed by atoms with Gasteiger partial charge in [0.1, 0.15) is 5.75 Å². The van der Waals surface area contributed by atoms with Gasteiger partial charge in [0.25, 0.3) is 5.91 Å². The monoisotopic (exact) mass is 434 g/mol. The van der Waals surface area contributed by atoms with Crippen LogP contribution in [0.1, 0.15) is 39.7 Å². The Kier molecular flexibility index (Phi) is 6.67. The minimum absolute atomic E-state index is 0.0351. The minimum Gasteiger partial charge on any atom is -0.497 e. The normalized spacial score (nSPS) is 15.3. The van der Waals surface area contributed by atoms with Crippen LogP contribution in [0.2, 0.25) is 0 Å². The number of carbonyl (C=O) groups excluding carboxylic acids is 2. The van der Waals surface area contributed by atoms with Crippen LogP contribution in [-0.4, -0.2) is 36.9 Å². The highest BCUT2D eigenvalue weighted by atomic mass is 32.1. The standard InChI is InChI=1S/C25H26N2O3S/c1-30-21-11-9-19(10-12-21)23(18-6-3-2-4-7-18)26-24(28)20-13-15-27(16-14-20)25(29)22-8-5-17-31-22/h2-12,17,20,23H,13-16H2,1H3,(H,26,28). The Morgan fingerprint density at radius 2 is 1.65 bits per heavy atom. The van der Waals surface area contributed by atoms with Crippen molar-refractivity contribution in [2.75, 3.05) is 20.2 Å². The highest BCUT2D eigenvalue weighted by molar-refractivity contribution is 7.12. The van der Waals surface area contributed by atoms with Gasteiger partial charge in [0, 0.05) is 19.0 Å². The summed E-state index contributed by atoms with van der Waals surface area (Å²) in [4.78, 5) is 28.3. The number of likely N-dealkylation sites (tertiary alicyclic amines) is 1. The fraction of sp³-hybridized carbons (Fsp3) is 0.280. The zero-order valence-electron chi connectivity index (χ0n) is 17.5. The lowest BCUT2D eigenvalue weighted by Gasteiger charge is -2.32. The Morgan fingerprint density at radius 3 is 2.26 bits per heavy atom. The number of benzene rings is 2. The molecule has 160 valence electrons. The molecule has 0 radical (unpaired) electrons. The molecule has 1 saturated heterocycles. The molecule has 0 spiro atoms. The Morgan fingerprint density at radius 1 is 0.968 bits per heavy atom. The molecule has 5 nitrogen and oxygen atoms in total. The molecular weight excluding hydrogens is 408 g/mol. The summed E-state index contributed by atoms with van der Waals surface area (Å²) in [7, 11) is 1.64. The molecular formula is C25H26N2O3S. The van der Waals surface area contributed by atoms with Gasteiger partial charge in [-0.05, 0) is 47.5 Å². The van der Waals surface area contributed by atoms with Crippen LogP contribution >= 0.6 is 11.3 Å². The van der Waals surface area contributed by atoms with Crippen molar-refractivity contribution >= 4 is 23.2 Å². The molecule has 1 aromatic heterocycles. The first-order chi connectivity index (χ1) is 15.2. The van der Waals surface area contributed by atoms with Crippen LogP contribution in [0.15, 0.2) is 72.1 Å². The third-order valence-corrected chi connectivity index (χ3v) is 6.61. The van der Waals surface area contributed by atoms with Gasteiger partial charge in [0.15, 0.2) is 0 Å². The zero-order chi connectivity index (χ0) is 21.6. The minimum atomic E-state index is -0.231. The summed E-state index contributed by atoms with van der Waals surface area (Å²) < 4.78 is 5.27. The van der Waals surface area contributed by atoms with Crippen molar-refractivity contribution < 1.29 is 14.3 Å². The highest BCUT2D eigenvalue weighted by Gasteiger charge is 2.29. The summed E-state index contributed by atoms with van der Waals surface area (Å²) in [5, 5.41) is 5.16. The molecule has 0 saturated carbocycles. The molecule has 1 N–H and O–H groups in total. The van der Waals surface area contributed by atoms with E-state index in [1.54, 1.807) is 7.11 Å². The number of carbonyl (C=O) groups is 2. The number of nitrogens with one attached hydrogen (secondary N) is 1. The summed E-state index contributed by atoms with van der Waals surface area (Å²) in [6.45, 7) is 1.21. The topological polar surface area (TPSA) is 58.6 Å². The molecule has 1 aliphatic heterocycles. The van der Waals surface area contributed by atoms with Crippen molar-refractivity contribution in [1.29, 1.82) is 0 Å². The number of thiophene rings is 1. The maximum Gasteiger partial charge on any atom is 0.263 e. The average Bonchev–Trinajstić information content (AvgIpc) is 3.38. The van der Waals surface area contributed by atoms with Crippen LogP contribution < -0.4 is 10.1 Å². The van der Waals surface area contributed by atoms with Crippen LogP contribution in [0.4, 0.5) is 0 Å². The number of nitrogens with zero attached hydrogens (tertiary/aromatic N) is 1. The molecule has 1 fully saturated rings. The molecule has 31 heavy (non-hydrogen) atoms. The van der Waals surface area contributed by atoms with E-state index in [1.165, 1.54) is 11.3 Å². The number of piperidine rings is 1. The third kappa shape index (κ3) is 4.97. The Labute approximate surface area is 186 Å². The SMILES string of the molecule is COc1ccc(C(NC(=O)C2CCN(C(=O)c3cccs3)CC2)c2ccccc2)cc1. The fourth-order valence-corrected chi connectivity index (χ4v) is 4.65. The lowest BCUT2D eigenvalue weighted by atomic mass is 9.93. The largest absolute Gasteiger partial charge is 0.497 e. The van der Waals surface area contributed by atoms with Gasteiger partial charge in [-0.1, -0.05) is 48.5 Å². The van der Waals surface area contributed by atoms with Gasteiger partial charge in [-0.3, -0.25) is 9.59 Å². The predicted molar refractivity (Wildman–Crippen MR) is 122 cm³/mol. The Balaban J connectivity index is 1.43. The van der Waals surface area contributed by atoms with Crippen molar-refractivity contribution in [2.45, 2.75) is 18.9 Å². The second-order valence-corrected chi connectivity index (χ2v) is 8.62. The van der Waals surface area contributed by atoms with E-state index in [9.17, 15) is 9.59 Å². The molecule has 0 aliphatic carbocycles. The van der Waals surface area contributed by atoms with E-state index < -0.39 is 0 Å². The summed E-state index contributed by atoms with van der Waals surface area (Å²) in [6, 6.07) is 21.3. The number of rotatable bonds is 6. The van der Waals surface area contributed by atoms with Crippen LogP contribution in [0, 0.1) is 5.92 Å². The first-order valence-corrected chi connectivity index (χ1v) is 11.4. The first-order valence-electron chi connectivity index (χ1n) is 10.5. The van der Waals surface area contributed by atoms with Crippen molar-refractivity contribution in [3.05, 3.63) is 88.1 Å². The quantitative estimate of drug-likeness (QED) is 0.621. The molecule has 1 unspecified atom stereocenters. The van der Waals surface area contributed by atoms with E-state index >= 15 is 0 Å². The fourth-order valence-electron chi connectivity index (χ4n) is 3.96. The van der Waals surface area contributed by atoms with E-state index in [4.69, 9.17) is 4.74 Å². The van der Waals surface area contributed by atoms with Crippen LogP contribution in [-0.2, 0) is 4.79 Å². The van der Waals surface area contributed by atoms with E-state index in [0.29, 0.717) is 25.9 Å². The summed E-state index contributed by atoms with van der Waals surface area (Å²) >= 11 is 1.46. The Hall–Kier alpha value is -3.12. The van der Waals surface area contributed by atoms with Crippen molar-refractivity contribution in [2.24, 2.45) is 5.92 Å². The smallest absolute Gasteiger partial charge is 0.263 e. The summed E-state index contributed by atoms with van der Waals surface area (Å²) in [6.07, 6.45) is 1.35. The summed E-state index contributed by atoms with van der Waals surface area (Å²) in [5.74, 6) is 0.781. The summed E-state index contributed by atoms with van der Waals surface area (Å²) in [5.41, 5.74) is 2.04. The number of methoxy groups -OCH3 is 1. The lowest BCUT2D eigenvalue weighted by molar-refractivity contribution is -0.126. The molecule has 6 heteroatoms. The number of ether oxygens (including phenoxy) is 1. The maximum atomic E-state index is 13.1. The molecule has 4 rings (SSSR count). The molecule has 1 aliphatic rings. The average molecular weight is 435 g/mol. The van der Waals surface area contributed by atoms with Crippen molar-refractivity contribution in [3.8, 4) is 5.75 Å². The number of amides is 2. The van der Waals surface area contributed by atoms with Gasteiger partial charge in [0.2, 0.25) is 5.91 Å². The van der Waals surface area contributed by atoms with Crippen LogP contribution in [0.3, 0.4) is 0 Å². The Bertz CT molecular complexity index is 995. The number of hydrogen-bond donors (Lipinski definition) is 1. The predicted octanol–water partition coefficient (Wildman–Crippen LogP) is 4.51. The van der Waals surface area contributed by atoms with Crippen molar-refractivity contribution in [1.82, 2.24) is 10.2 Å². The molecule has 3 aromatic rings. The van der Waals surface area contributed by atoms with E-state index in [-0.39, 0.29) is 23.8 Å². The highest BCUT2D eigenvalue weighted by Crippen LogP contribution is 2.27.